The highest BCUT2D eigenvalue weighted by molar-refractivity contribution is 7.15. The number of hydrogen-bond acceptors (Lipinski definition) is 7. The Labute approximate surface area is 163 Å². The molecule has 0 aliphatic rings. The number of aromatic nitrogens is 6. The highest BCUT2D eigenvalue weighted by Gasteiger charge is 2.13. The highest BCUT2D eigenvalue weighted by Crippen LogP contribution is 2.15. The molecule has 1 N–H and O–H groups in total. The maximum absolute atomic E-state index is 12.7. The van der Waals surface area contributed by atoms with E-state index in [4.69, 9.17) is 0 Å². The second-order valence-corrected chi connectivity index (χ2v) is 7.48. The highest BCUT2D eigenvalue weighted by atomic mass is 32.1. The van der Waals surface area contributed by atoms with Crippen LogP contribution >= 0.6 is 11.3 Å². The van der Waals surface area contributed by atoms with Crippen LogP contribution in [0, 0.1) is 13.8 Å². The zero-order valence-electron chi connectivity index (χ0n) is 15.3. The van der Waals surface area contributed by atoms with Crippen LogP contribution < -0.4 is 10.9 Å². The van der Waals surface area contributed by atoms with Crippen LogP contribution in [0.2, 0.25) is 0 Å². The van der Waals surface area contributed by atoms with E-state index in [9.17, 15) is 9.59 Å². The number of fused-ring (bicyclic) bond motifs is 1. The van der Waals surface area contributed by atoms with Crippen molar-refractivity contribution in [3.63, 3.8) is 0 Å². The molecule has 0 aliphatic carbocycles. The van der Waals surface area contributed by atoms with Crippen molar-refractivity contribution in [1.82, 2.24) is 29.5 Å². The van der Waals surface area contributed by atoms with E-state index in [-0.39, 0.29) is 24.4 Å². The van der Waals surface area contributed by atoms with Gasteiger partial charge in [0.05, 0.1) is 18.2 Å². The van der Waals surface area contributed by atoms with Crippen LogP contribution in [0.25, 0.3) is 16.7 Å². The predicted octanol–water partition coefficient (Wildman–Crippen LogP) is 2.08. The van der Waals surface area contributed by atoms with Gasteiger partial charge in [-0.15, -0.1) is 10.2 Å². The SMILES string of the molecule is Cc1ccc(-n2ncc3c(=O)n(CCC(=O)Nc4nnc(C)s4)cnc32)cc1. The fourth-order valence-electron chi connectivity index (χ4n) is 2.73. The van der Waals surface area contributed by atoms with Crippen LogP contribution in [0.5, 0.6) is 0 Å². The summed E-state index contributed by atoms with van der Waals surface area (Å²) in [4.78, 5) is 29.2. The quantitative estimate of drug-likeness (QED) is 0.554. The van der Waals surface area contributed by atoms with E-state index in [0.29, 0.717) is 16.2 Å². The number of rotatable bonds is 5. The monoisotopic (exact) mass is 395 g/mol. The zero-order valence-corrected chi connectivity index (χ0v) is 16.1. The second kappa shape index (κ2) is 7.31. The Kier molecular flexibility index (Phi) is 4.70. The molecular formula is C18H17N7O2S. The standard InChI is InChI=1S/C18H17N7O2S/c1-11-3-5-13(6-4-11)25-16-14(9-20-25)17(27)24(10-19-16)8-7-15(26)21-18-23-22-12(2)28-18/h3-6,9-10H,7-8H2,1-2H3,(H,21,23,26). The predicted molar refractivity (Wildman–Crippen MR) is 106 cm³/mol. The molecule has 4 aromatic rings. The van der Waals surface area contributed by atoms with Crippen molar-refractivity contribution in [3.05, 3.63) is 57.7 Å². The van der Waals surface area contributed by atoms with Gasteiger partial charge in [0.2, 0.25) is 11.0 Å². The van der Waals surface area contributed by atoms with Crippen molar-refractivity contribution < 1.29 is 4.79 Å². The van der Waals surface area contributed by atoms with E-state index < -0.39 is 0 Å². The van der Waals surface area contributed by atoms with Crippen LogP contribution in [-0.4, -0.2) is 35.4 Å². The number of carbonyl (C=O) groups is 1. The van der Waals surface area contributed by atoms with Gasteiger partial charge in [0.25, 0.3) is 5.56 Å². The summed E-state index contributed by atoms with van der Waals surface area (Å²) in [5, 5.41) is 16.3. The summed E-state index contributed by atoms with van der Waals surface area (Å²) < 4.78 is 3.04. The number of aryl methyl sites for hydroxylation is 3. The number of benzene rings is 1. The summed E-state index contributed by atoms with van der Waals surface area (Å²) in [7, 11) is 0. The van der Waals surface area contributed by atoms with Gasteiger partial charge in [-0.3, -0.25) is 14.2 Å². The van der Waals surface area contributed by atoms with E-state index in [1.807, 2.05) is 38.1 Å². The Hall–Kier alpha value is -3.40. The van der Waals surface area contributed by atoms with Gasteiger partial charge in [0.1, 0.15) is 10.4 Å². The molecule has 0 spiro atoms. The molecule has 0 bridgehead atoms. The van der Waals surface area contributed by atoms with Crippen molar-refractivity contribution in [2.45, 2.75) is 26.8 Å². The first-order valence-corrected chi connectivity index (χ1v) is 9.43. The Morgan fingerprint density at radius 1 is 1.18 bits per heavy atom. The molecular weight excluding hydrogens is 378 g/mol. The molecule has 0 radical (unpaired) electrons. The van der Waals surface area contributed by atoms with Gasteiger partial charge < -0.3 is 5.32 Å². The number of carbonyl (C=O) groups excluding carboxylic acids is 1. The molecule has 4 rings (SSSR count). The summed E-state index contributed by atoms with van der Waals surface area (Å²) in [5.41, 5.74) is 2.22. The molecule has 10 heteroatoms. The molecule has 0 saturated heterocycles. The Balaban J connectivity index is 1.53. The van der Waals surface area contributed by atoms with Gasteiger partial charge >= 0.3 is 0 Å². The number of amides is 1. The van der Waals surface area contributed by atoms with Gasteiger partial charge in [-0.25, -0.2) is 9.67 Å². The molecule has 142 valence electrons. The third-order valence-electron chi connectivity index (χ3n) is 4.19. The minimum absolute atomic E-state index is 0.123. The lowest BCUT2D eigenvalue weighted by Gasteiger charge is -2.06. The molecule has 0 fully saturated rings. The molecule has 3 aromatic heterocycles. The van der Waals surface area contributed by atoms with Gasteiger partial charge in [-0.1, -0.05) is 29.0 Å². The number of hydrogen-bond donors (Lipinski definition) is 1. The van der Waals surface area contributed by atoms with Gasteiger partial charge in [-0.05, 0) is 26.0 Å². The third-order valence-corrected chi connectivity index (χ3v) is 4.94. The first kappa shape index (κ1) is 18.0. The average Bonchev–Trinajstić information content (AvgIpc) is 3.28. The molecule has 3 heterocycles. The van der Waals surface area contributed by atoms with Crippen LogP contribution in [0.4, 0.5) is 5.13 Å². The van der Waals surface area contributed by atoms with Crippen LogP contribution in [0.1, 0.15) is 17.0 Å². The second-order valence-electron chi connectivity index (χ2n) is 6.30. The average molecular weight is 395 g/mol. The zero-order chi connectivity index (χ0) is 19.7. The first-order valence-electron chi connectivity index (χ1n) is 8.61. The summed E-state index contributed by atoms with van der Waals surface area (Å²) >= 11 is 1.30. The van der Waals surface area contributed by atoms with Crippen molar-refractivity contribution in [3.8, 4) is 5.69 Å². The molecule has 0 atom stereocenters. The fraction of sp³-hybridized carbons (Fsp3) is 0.222. The lowest BCUT2D eigenvalue weighted by Crippen LogP contribution is -2.23. The van der Waals surface area contributed by atoms with E-state index in [1.54, 1.807) is 4.68 Å². The molecule has 0 unspecified atom stereocenters. The van der Waals surface area contributed by atoms with E-state index >= 15 is 0 Å². The molecule has 0 saturated carbocycles. The van der Waals surface area contributed by atoms with Crippen molar-refractivity contribution in [1.29, 1.82) is 0 Å². The molecule has 28 heavy (non-hydrogen) atoms. The molecule has 1 amide bonds. The molecule has 1 aromatic carbocycles. The molecule has 9 nitrogen and oxygen atoms in total. The Bertz CT molecular complexity index is 1210. The third kappa shape index (κ3) is 3.54. The van der Waals surface area contributed by atoms with Gasteiger partial charge in [0, 0.05) is 13.0 Å². The number of nitrogens with zero attached hydrogens (tertiary/aromatic N) is 6. The van der Waals surface area contributed by atoms with E-state index in [2.05, 4.69) is 25.6 Å². The van der Waals surface area contributed by atoms with E-state index in [1.165, 1.54) is 28.4 Å². The summed E-state index contributed by atoms with van der Waals surface area (Å²) in [6.07, 6.45) is 3.07. The van der Waals surface area contributed by atoms with E-state index in [0.717, 1.165) is 16.3 Å². The molecule has 0 aliphatic heterocycles. The summed E-state index contributed by atoms with van der Waals surface area (Å²) in [6, 6.07) is 7.80. The van der Waals surface area contributed by atoms with Crippen LogP contribution in [-0.2, 0) is 11.3 Å². The van der Waals surface area contributed by atoms with Gasteiger partial charge in [0.15, 0.2) is 5.65 Å². The maximum atomic E-state index is 12.7. The normalized spacial score (nSPS) is 11.1. The van der Waals surface area contributed by atoms with Gasteiger partial charge in [-0.2, -0.15) is 5.10 Å². The van der Waals surface area contributed by atoms with Crippen LogP contribution in [0.15, 0.2) is 41.6 Å². The Morgan fingerprint density at radius 2 is 1.96 bits per heavy atom. The van der Waals surface area contributed by atoms with Crippen molar-refractivity contribution in [2.24, 2.45) is 0 Å². The minimum Gasteiger partial charge on any atom is -0.300 e. The number of nitrogens with one attached hydrogen (secondary N) is 1. The smallest absolute Gasteiger partial charge is 0.264 e. The largest absolute Gasteiger partial charge is 0.300 e. The minimum atomic E-state index is -0.238. The van der Waals surface area contributed by atoms with Crippen LogP contribution in [0.3, 0.4) is 0 Å². The fourth-order valence-corrected chi connectivity index (χ4v) is 3.34. The lowest BCUT2D eigenvalue weighted by molar-refractivity contribution is -0.116. The lowest BCUT2D eigenvalue weighted by atomic mass is 10.2. The first-order chi connectivity index (χ1) is 13.5. The topological polar surface area (TPSA) is 108 Å². The van der Waals surface area contributed by atoms with Crippen molar-refractivity contribution >= 4 is 33.4 Å². The Morgan fingerprint density at radius 3 is 2.68 bits per heavy atom. The van der Waals surface area contributed by atoms with Crippen molar-refractivity contribution in [2.75, 3.05) is 5.32 Å². The summed E-state index contributed by atoms with van der Waals surface area (Å²) in [5.74, 6) is -0.238. The maximum Gasteiger partial charge on any atom is 0.264 e. The number of anilines is 1. The summed E-state index contributed by atoms with van der Waals surface area (Å²) in [6.45, 7) is 4.02.